The van der Waals surface area contributed by atoms with Gasteiger partial charge >= 0.3 is 0 Å². The van der Waals surface area contributed by atoms with Crippen molar-refractivity contribution in [3.05, 3.63) is 30.3 Å². The van der Waals surface area contributed by atoms with E-state index in [0.717, 1.165) is 6.42 Å². The van der Waals surface area contributed by atoms with Gasteiger partial charge in [-0.1, -0.05) is 13.0 Å². The predicted octanol–water partition coefficient (Wildman–Crippen LogP) is -0.0558. The lowest BCUT2D eigenvalue weighted by molar-refractivity contribution is -0.131. The molecule has 0 aromatic carbocycles. The number of nitrogens with two attached hydrogens (primary N) is 1. The van der Waals surface area contributed by atoms with Gasteiger partial charge in [-0.15, -0.1) is 0 Å². The molecule has 1 aromatic heterocycles. The van der Waals surface area contributed by atoms with Crippen LogP contribution in [0.5, 0.6) is 0 Å². The maximum Gasteiger partial charge on any atom is 0.284 e. The summed E-state index contributed by atoms with van der Waals surface area (Å²) in [5.74, 6) is -2.50. The van der Waals surface area contributed by atoms with Crippen LogP contribution in [0.15, 0.2) is 23.2 Å². The molecule has 10 heteroatoms. The lowest BCUT2D eigenvalue weighted by atomic mass is 10.0. The summed E-state index contributed by atoms with van der Waals surface area (Å²) in [6.45, 7) is 3.69. The molecule has 2 rings (SSSR count). The average Bonchev–Trinajstić information content (AvgIpc) is 2.84. The molecule has 0 spiro atoms. The van der Waals surface area contributed by atoms with Crippen LogP contribution >= 0.6 is 0 Å². The number of aryl methyl sites for hydroxylation is 1. The molecule has 1 fully saturated rings. The third-order valence-electron chi connectivity index (χ3n) is 4.52. The molecule has 1 radical (unpaired) electrons. The summed E-state index contributed by atoms with van der Waals surface area (Å²) in [5, 5.41) is 2.61. The number of carbonyl (C=O) groups excluding carboxylic acids is 3. The molecule has 1 unspecified atom stereocenters. The molecule has 2 amide bonds. The molecular weight excluding hydrogens is 384 g/mol. The number of hydrogen-bond donors (Lipinski definition) is 2. The molecule has 2 heterocycles. The van der Waals surface area contributed by atoms with Crippen molar-refractivity contribution in [2.75, 3.05) is 13.1 Å². The topological polar surface area (TPSA) is 140 Å². The molecule has 2 atom stereocenters. The quantitative estimate of drug-likeness (QED) is 0.643. The molecule has 28 heavy (non-hydrogen) atoms. The Morgan fingerprint density at radius 2 is 2.14 bits per heavy atom. The third kappa shape index (κ3) is 5.14. The van der Waals surface area contributed by atoms with E-state index in [4.69, 9.17) is 5.73 Å². The van der Waals surface area contributed by atoms with E-state index in [-0.39, 0.29) is 24.4 Å². The Balaban J connectivity index is 2.41. The second-order valence-electron chi connectivity index (χ2n) is 6.80. The number of Topliss-reactive ketones (excluding diaryl/α,β-unsaturated/α-hetero) is 1. The Hall–Kier alpha value is -2.33. The minimum absolute atomic E-state index is 0.0249. The second kappa shape index (κ2) is 9.24. The zero-order chi connectivity index (χ0) is 20.9. The molecule has 9 nitrogen and oxygen atoms in total. The fourth-order valence-electron chi connectivity index (χ4n) is 2.84. The number of sulfonamides is 1. The number of amides is 2. The highest BCUT2D eigenvalue weighted by Gasteiger charge is 2.40. The maximum absolute atomic E-state index is 13.2. The van der Waals surface area contributed by atoms with E-state index in [1.165, 1.54) is 19.1 Å². The van der Waals surface area contributed by atoms with E-state index in [9.17, 15) is 22.8 Å². The van der Waals surface area contributed by atoms with Crippen LogP contribution in [0.2, 0.25) is 0 Å². The number of carbonyl (C=O) groups is 3. The summed E-state index contributed by atoms with van der Waals surface area (Å²) in [4.78, 5) is 40.6. The van der Waals surface area contributed by atoms with Crippen LogP contribution in [0.3, 0.4) is 0 Å². The summed E-state index contributed by atoms with van der Waals surface area (Å²) in [6.07, 6.45) is 1.81. The molecule has 0 bridgehead atoms. The van der Waals surface area contributed by atoms with Crippen molar-refractivity contribution < 1.29 is 22.8 Å². The highest BCUT2D eigenvalue weighted by Crippen LogP contribution is 2.23. The zero-order valence-corrected chi connectivity index (χ0v) is 16.7. The first kappa shape index (κ1) is 22.0. The number of ketones is 1. The van der Waals surface area contributed by atoms with Gasteiger partial charge in [0.25, 0.3) is 10.0 Å². The first-order valence-electron chi connectivity index (χ1n) is 9.02. The summed E-state index contributed by atoms with van der Waals surface area (Å²) < 4.78 is 27.0. The Morgan fingerprint density at radius 3 is 2.79 bits per heavy atom. The van der Waals surface area contributed by atoms with Crippen LogP contribution in [0, 0.1) is 19.3 Å². The molecule has 0 aliphatic carbocycles. The standard InChI is InChI=1S/C18H25N4O5S/c1-12(18(19)25)8-9-17(24)22(14-6-4-10-20-11-15(14)23)28(26,27)16-7-3-5-13(2)21-16/h3,5,7,9,12,14,20H,4,6,8,10-11H2,1-2H3,(H2,19,25)/t12?,14-/m0/s1. The molecule has 1 aliphatic rings. The summed E-state index contributed by atoms with van der Waals surface area (Å²) in [6, 6.07) is 3.31. The van der Waals surface area contributed by atoms with E-state index in [0.29, 0.717) is 23.0 Å². The number of rotatable bonds is 7. The number of nitrogens with one attached hydrogen (secondary N) is 1. The largest absolute Gasteiger partial charge is 0.369 e. The molecule has 153 valence electrons. The molecule has 1 saturated heterocycles. The highest BCUT2D eigenvalue weighted by molar-refractivity contribution is 7.89. The van der Waals surface area contributed by atoms with Gasteiger partial charge in [0, 0.05) is 11.6 Å². The van der Waals surface area contributed by atoms with Crippen molar-refractivity contribution in [1.29, 1.82) is 0 Å². The number of pyridine rings is 1. The van der Waals surface area contributed by atoms with E-state index in [1.54, 1.807) is 13.0 Å². The van der Waals surface area contributed by atoms with E-state index in [2.05, 4.69) is 10.3 Å². The first-order chi connectivity index (χ1) is 13.1. The maximum atomic E-state index is 13.2. The fourth-order valence-corrected chi connectivity index (χ4v) is 4.43. The fraction of sp³-hybridized carbons (Fsp3) is 0.500. The second-order valence-corrected chi connectivity index (χ2v) is 8.56. The van der Waals surface area contributed by atoms with Crippen molar-refractivity contribution in [1.82, 2.24) is 14.6 Å². The smallest absolute Gasteiger partial charge is 0.284 e. The van der Waals surface area contributed by atoms with Crippen molar-refractivity contribution in [2.45, 2.75) is 44.2 Å². The van der Waals surface area contributed by atoms with Gasteiger partial charge in [-0.3, -0.25) is 14.4 Å². The number of hydrogen-bond acceptors (Lipinski definition) is 7. The summed E-state index contributed by atoms with van der Waals surface area (Å²) in [7, 11) is -4.36. The van der Waals surface area contributed by atoms with Gasteiger partial charge < -0.3 is 11.1 Å². The van der Waals surface area contributed by atoms with Gasteiger partial charge in [0.15, 0.2) is 10.8 Å². The van der Waals surface area contributed by atoms with Gasteiger partial charge in [-0.25, -0.2) is 9.29 Å². The predicted molar refractivity (Wildman–Crippen MR) is 101 cm³/mol. The van der Waals surface area contributed by atoms with Crippen molar-refractivity contribution in [3.8, 4) is 0 Å². The Morgan fingerprint density at radius 1 is 1.43 bits per heavy atom. The Kier molecular flexibility index (Phi) is 7.25. The van der Waals surface area contributed by atoms with E-state index < -0.39 is 39.6 Å². The highest BCUT2D eigenvalue weighted by atomic mass is 32.2. The molecular formula is C18H25N4O5S. The van der Waals surface area contributed by atoms with Crippen LogP contribution < -0.4 is 11.1 Å². The minimum Gasteiger partial charge on any atom is -0.369 e. The molecule has 0 saturated carbocycles. The van der Waals surface area contributed by atoms with Crippen LogP contribution in [0.4, 0.5) is 0 Å². The Bertz CT molecular complexity index is 855. The van der Waals surface area contributed by atoms with E-state index >= 15 is 0 Å². The van der Waals surface area contributed by atoms with Crippen molar-refractivity contribution in [3.63, 3.8) is 0 Å². The summed E-state index contributed by atoms with van der Waals surface area (Å²) in [5.41, 5.74) is 5.67. The number of aromatic nitrogens is 1. The van der Waals surface area contributed by atoms with Crippen LogP contribution in [-0.2, 0) is 24.4 Å². The van der Waals surface area contributed by atoms with Crippen LogP contribution in [-0.4, -0.2) is 54.4 Å². The van der Waals surface area contributed by atoms with Gasteiger partial charge in [0.1, 0.15) is 6.04 Å². The normalized spacial score (nSPS) is 18.9. The van der Waals surface area contributed by atoms with Gasteiger partial charge in [-0.05, 0) is 44.9 Å². The zero-order valence-electron chi connectivity index (χ0n) is 15.9. The van der Waals surface area contributed by atoms with Crippen LogP contribution in [0.1, 0.15) is 31.9 Å². The first-order valence-corrected chi connectivity index (χ1v) is 10.5. The lowest BCUT2D eigenvalue weighted by Gasteiger charge is -2.29. The van der Waals surface area contributed by atoms with Crippen molar-refractivity contribution in [2.24, 2.45) is 11.7 Å². The average molecular weight is 409 g/mol. The SMILES string of the molecule is Cc1cccc(S(=O)(=O)N(C(=O)[CH]CC(C)C(N)=O)[C@H]2CCCNCC2=O)n1. The lowest BCUT2D eigenvalue weighted by Crippen LogP contribution is -2.50. The van der Waals surface area contributed by atoms with Crippen LogP contribution in [0.25, 0.3) is 0 Å². The Labute approximate surface area is 164 Å². The molecule has 1 aliphatic heterocycles. The number of primary amides is 1. The van der Waals surface area contributed by atoms with Crippen molar-refractivity contribution >= 4 is 27.6 Å². The van der Waals surface area contributed by atoms with Gasteiger partial charge in [0.05, 0.1) is 13.0 Å². The third-order valence-corrected chi connectivity index (χ3v) is 6.23. The van der Waals surface area contributed by atoms with Gasteiger partial charge in [-0.2, -0.15) is 8.42 Å². The molecule has 1 aromatic rings. The number of nitrogens with zero attached hydrogens (tertiary/aromatic N) is 2. The minimum atomic E-state index is -4.36. The van der Waals surface area contributed by atoms with E-state index in [1.807, 2.05) is 0 Å². The van der Waals surface area contributed by atoms with Gasteiger partial charge in [0.2, 0.25) is 11.8 Å². The monoisotopic (exact) mass is 409 g/mol. The summed E-state index contributed by atoms with van der Waals surface area (Å²) >= 11 is 0. The molecule has 3 N–H and O–H groups in total.